The van der Waals surface area contributed by atoms with Crippen LogP contribution in [-0.4, -0.2) is 4.98 Å². The SMILES string of the molecule is Cc1ccc2c(c1)-c1cc(CC(C)C)ccc1-c1cccc3ccnc-2c13. The zero-order valence-electron chi connectivity index (χ0n) is 16.1. The fourth-order valence-electron chi connectivity index (χ4n) is 4.39. The van der Waals surface area contributed by atoms with Crippen molar-refractivity contribution >= 4 is 10.8 Å². The molecule has 1 heteroatoms. The molecule has 0 aliphatic heterocycles. The summed E-state index contributed by atoms with van der Waals surface area (Å²) in [6, 6.07) is 22.5. The number of aryl methyl sites for hydroxylation is 1. The maximum Gasteiger partial charge on any atom is 0.0792 e. The fourth-order valence-corrected chi connectivity index (χ4v) is 4.39. The van der Waals surface area contributed by atoms with Crippen molar-refractivity contribution in [3.8, 4) is 33.5 Å². The molecule has 0 spiro atoms. The zero-order chi connectivity index (χ0) is 18.5. The first-order valence-electron chi connectivity index (χ1n) is 9.74. The molecule has 3 aromatic carbocycles. The van der Waals surface area contributed by atoms with Crippen LogP contribution in [0.5, 0.6) is 0 Å². The molecule has 0 fully saturated rings. The van der Waals surface area contributed by atoms with Crippen LogP contribution in [0.4, 0.5) is 0 Å². The zero-order valence-corrected chi connectivity index (χ0v) is 16.1. The van der Waals surface area contributed by atoms with E-state index in [1.54, 1.807) is 0 Å². The van der Waals surface area contributed by atoms with Gasteiger partial charge in [-0.3, -0.25) is 4.98 Å². The number of fused-ring (bicyclic) bond motifs is 5. The van der Waals surface area contributed by atoms with E-state index in [4.69, 9.17) is 4.98 Å². The summed E-state index contributed by atoms with van der Waals surface area (Å²) in [5.74, 6) is 0.646. The van der Waals surface area contributed by atoms with Gasteiger partial charge in [-0.2, -0.15) is 0 Å². The maximum atomic E-state index is 4.82. The Bertz CT molecular complexity index is 1180. The molecule has 4 aromatic rings. The first kappa shape index (κ1) is 16.3. The molecule has 1 heterocycles. The smallest absolute Gasteiger partial charge is 0.0792 e. The van der Waals surface area contributed by atoms with Gasteiger partial charge in [0.1, 0.15) is 0 Å². The van der Waals surface area contributed by atoms with Gasteiger partial charge in [-0.25, -0.2) is 0 Å². The van der Waals surface area contributed by atoms with Crippen LogP contribution in [0.25, 0.3) is 44.3 Å². The third-order valence-electron chi connectivity index (χ3n) is 5.53. The highest BCUT2D eigenvalue weighted by atomic mass is 14.7. The standard InChI is InChI=1S/C26H23N/c1-16(2)13-18-8-10-20-21-6-4-5-19-11-12-27-26(25(19)21)22-9-7-17(3)14-23(22)24(20)15-18/h4-12,14-16H,13H2,1-3H3. The molecule has 0 amide bonds. The lowest BCUT2D eigenvalue weighted by Crippen LogP contribution is -1.95. The Balaban J connectivity index is 1.93. The molecule has 1 aliphatic carbocycles. The van der Waals surface area contributed by atoms with Gasteiger partial charge < -0.3 is 0 Å². The van der Waals surface area contributed by atoms with E-state index in [-0.39, 0.29) is 0 Å². The molecule has 0 atom stereocenters. The van der Waals surface area contributed by atoms with Crippen molar-refractivity contribution in [1.29, 1.82) is 0 Å². The maximum absolute atomic E-state index is 4.82. The van der Waals surface area contributed by atoms with Gasteiger partial charge in [0, 0.05) is 17.1 Å². The quantitative estimate of drug-likeness (QED) is 0.332. The summed E-state index contributed by atoms with van der Waals surface area (Å²) in [5, 5.41) is 2.52. The van der Waals surface area contributed by atoms with Gasteiger partial charge in [0.2, 0.25) is 0 Å². The van der Waals surface area contributed by atoms with E-state index >= 15 is 0 Å². The van der Waals surface area contributed by atoms with E-state index in [9.17, 15) is 0 Å². The van der Waals surface area contributed by atoms with Crippen molar-refractivity contribution in [1.82, 2.24) is 4.98 Å². The lowest BCUT2D eigenvalue weighted by atomic mass is 9.90. The Morgan fingerprint density at radius 2 is 1.59 bits per heavy atom. The molecule has 1 nitrogen and oxygen atoms in total. The molecule has 0 radical (unpaired) electrons. The normalized spacial score (nSPS) is 12.0. The minimum Gasteiger partial charge on any atom is -0.256 e. The van der Waals surface area contributed by atoms with E-state index in [1.807, 2.05) is 6.20 Å². The van der Waals surface area contributed by atoms with Gasteiger partial charge in [0.25, 0.3) is 0 Å². The molecule has 132 valence electrons. The lowest BCUT2D eigenvalue weighted by Gasteiger charge is -2.14. The average molecular weight is 349 g/mol. The van der Waals surface area contributed by atoms with Gasteiger partial charge in [0.05, 0.1) is 5.69 Å². The van der Waals surface area contributed by atoms with E-state index in [0.717, 1.165) is 12.1 Å². The molecule has 0 saturated heterocycles. The molecule has 0 bridgehead atoms. The van der Waals surface area contributed by atoms with Crippen LogP contribution in [0.1, 0.15) is 25.0 Å². The number of rotatable bonds is 2. The molecule has 0 N–H and O–H groups in total. The Morgan fingerprint density at radius 3 is 2.44 bits per heavy atom. The van der Waals surface area contributed by atoms with Gasteiger partial charge >= 0.3 is 0 Å². The highest BCUT2D eigenvalue weighted by Gasteiger charge is 2.22. The molecule has 1 aliphatic rings. The molecular formula is C26H23N. The second-order valence-electron chi connectivity index (χ2n) is 8.09. The Labute approximate surface area is 160 Å². The third kappa shape index (κ3) is 2.57. The van der Waals surface area contributed by atoms with E-state index in [0.29, 0.717) is 5.92 Å². The van der Waals surface area contributed by atoms with Crippen LogP contribution < -0.4 is 0 Å². The summed E-state index contributed by atoms with van der Waals surface area (Å²) < 4.78 is 0. The fraction of sp³-hybridized carbons (Fsp3) is 0.192. The molecule has 5 rings (SSSR count). The van der Waals surface area contributed by atoms with Crippen LogP contribution in [0, 0.1) is 12.8 Å². The van der Waals surface area contributed by atoms with E-state index in [2.05, 4.69) is 81.4 Å². The summed E-state index contributed by atoms with van der Waals surface area (Å²) in [6.45, 7) is 6.73. The minimum absolute atomic E-state index is 0.646. The van der Waals surface area contributed by atoms with Gasteiger partial charge in [-0.1, -0.05) is 74.0 Å². The topological polar surface area (TPSA) is 12.9 Å². The van der Waals surface area contributed by atoms with E-state index < -0.39 is 0 Å². The second kappa shape index (κ2) is 6.06. The number of hydrogen-bond acceptors (Lipinski definition) is 1. The molecule has 0 unspecified atom stereocenters. The Hall–Kier alpha value is -2.93. The number of pyridine rings is 1. The van der Waals surface area contributed by atoms with Crippen molar-refractivity contribution in [2.45, 2.75) is 27.2 Å². The lowest BCUT2D eigenvalue weighted by molar-refractivity contribution is 0.647. The number of hydrogen-bond donors (Lipinski definition) is 0. The van der Waals surface area contributed by atoms with Crippen molar-refractivity contribution < 1.29 is 0 Å². The van der Waals surface area contributed by atoms with Crippen molar-refractivity contribution in [2.75, 3.05) is 0 Å². The van der Waals surface area contributed by atoms with Crippen LogP contribution >= 0.6 is 0 Å². The molecule has 27 heavy (non-hydrogen) atoms. The molecule has 0 saturated carbocycles. The minimum atomic E-state index is 0.646. The summed E-state index contributed by atoms with van der Waals surface area (Å²) in [6.07, 6.45) is 3.04. The second-order valence-corrected chi connectivity index (χ2v) is 8.09. The summed E-state index contributed by atoms with van der Waals surface area (Å²) in [5.41, 5.74) is 10.2. The van der Waals surface area contributed by atoms with E-state index in [1.165, 1.54) is 49.7 Å². The predicted molar refractivity (Wildman–Crippen MR) is 115 cm³/mol. The average Bonchev–Trinajstić information content (AvgIpc) is 2.77. The van der Waals surface area contributed by atoms with Crippen LogP contribution in [0.3, 0.4) is 0 Å². The number of nitrogens with zero attached hydrogens (tertiary/aromatic N) is 1. The van der Waals surface area contributed by atoms with Gasteiger partial charge in [-0.05, 0) is 58.5 Å². The Kier molecular flexibility index (Phi) is 3.65. The van der Waals surface area contributed by atoms with Crippen LogP contribution in [0.15, 0.2) is 66.9 Å². The summed E-state index contributed by atoms with van der Waals surface area (Å²) in [4.78, 5) is 4.82. The summed E-state index contributed by atoms with van der Waals surface area (Å²) >= 11 is 0. The monoisotopic (exact) mass is 349 g/mol. The number of benzene rings is 3. The van der Waals surface area contributed by atoms with Crippen LogP contribution in [0.2, 0.25) is 0 Å². The van der Waals surface area contributed by atoms with Crippen LogP contribution in [-0.2, 0) is 6.42 Å². The van der Waals surface area contributed by atoms with Gasteiger partial charge in [0.15, 0.2) is 0 Å². The highest BCUT2D eigenvalue weighted by Crippen LogP contribution is 2.47. The van der Waals surface area contributed by atoms with Crippen molar-refractivity contribution in [2.24, 2.45) is 5.92 Å². The summed E-state index contributed by atoms with van der Waals surface area (Å²) in [7, 11) is 0. The first-order chi connectivity index (χ1) is 13.1. The van der Waals surface area contributed by atoms with Gasteiger partial charge in [-0.15, -0.1) is 0 Å². The first-order valence-corrected chi connectivity index (χ1v) is 9.74. The molecule has 1 aromatic heterocycles. The Morgan fingerprint density at radius 1 is 0.778 bits per heavy atom. The number of aromatic nitrogens is 1. The third-order valence-corrected chi connectivity index (χ3v) is 5.53. The van der Waals surface area contributed by atoms with Crippen molar-refractivity contribution in [3.05, 3.63) is 78.0 Å². The van der Waals surface area contributed by atoms with Crippen molar-refractivity contribution in [3.63, 3.8) is 0 Å². The highest BCUT2D eigenvalue weighted by molar-refractivity contribution is 6.12. The largest absolute Gasteiger partial charge is 0.256 e. The predicted octanol–water partition coefficient (Wildman–Crippen LogP) is 7.06. The molecular weight excluding hydrogens is 326 g/mol.